The number of hydrogen-bond donors (Lipinski definition) is 1. The summed E-state index contributed by atoms with van der Waals surface area (Å²) in [6.45, 7) is 1.09. The molecule has 0 aromatic heterocycles. The molecule has 2 aromatic carbocycles. The summed E-state index contributed by atoms with van der Waals surface area (Å²) in [5, 5.41) is 3.06. The fourth-order valence-electron chi connectivity index (χ4n) is 3.23. The monoisotopic (exact) mass is 325 g/mol. The Kier molecular flexibility index (Phi) is 3.76. The van der Waals surface area contributed by atoms with Gasteiger partial charge in [-0.2, -0.15) is 0 Å². The number of carbonyl (C=O) groups excluding carboxylic acids is 1. The summed E-state index contributed by atoms with van der Waals surface area (Å²) in [6.07, 6.45) is 1.60. The Morgan fingerprint density at radius 2 is 2.12 bits per heavy atom. The zero-order chi connectivity index (χ0) is 16.5. The molecule has 0 aliphatic carbocycles. The molecule has 5 nitrogen and oxygen atoms in total. The minimum Gasteiger partial charge on any atom is -0.497 e. The quantitative estimate of drug-likeness (QED) is 0.941. The molecule has 4 rings (SSSR count). The molecular weight excluding hydrogens is 306 g/mol. The van der Waals surface area contributed by atoms with Gasteiger partial charge in [-0.05, 0) is 29.7 Å². The normalized spacial score (nSPS) is 18.0. The van der Waals surface area contributed by atoms with Gasteiger partial charge in [-0.25, -0.2) is 0 Å². The molecule has 2 aliphatic rings. The lowest BCUT2D eigenvalue weighted by atomic mass is 10.0. The lowest BCUT2D eigenvalue weighted by Crippen LogP contribution is -2.42. The minimum atomic E-state index is -0.112. The second-order valence-electron chi connectivity index (χ2n) is 6.05. The van der Waals surface area contributed by atoms with Crippen LogP contribution >= 0.6 is 0 Å². The Morgan fingerprint density at radius 1 is 1.21 bits per heavy atom. The number of ether oxygens (including phenoxy) is 3. The maximum absolute atomic E-state index is 12.6. The van der Waals surface area contributed by atoms with Crippen molar-refractivity contribution in [3.63, 3.8) is 0 Å². The van der Waals surface area contributed by atoms with Crippen LogP contribution in [-0.2, 0) is 12.8 Å². The second kappa shape index (κ2) is 6.07. The predicted molar refractivity (Wildman–Crippen MR) is 89.1 cm³/mol. The molecule has 1 atom stereocenters. The van der Waals surface area contributed by atoms with Crippen LogP contribution in [0.3, 0.4) is 0 Å². The van der Waals surface area contributed by atoms with E-state index in [0.29, 0.717) is 18.8 Å². The van der Waals surface area contributed by atoms with Crippen LogP contribution < -0.4 is 19.5 Å². The first-order valence-corrected chi connectivity index (χ1v) is 8.10. The number of rotatable bonds is 3. The number of para-hydroxylation sites is 1. The average molecular weight is 325 g/mol. The van der Waals surface area contributed by atoms with Crippen LogP contribution in [-0.4, -0.2) is 32.3 Å². The molecule has 5 heteroatoms. The van der Waals surface area contributed by atoms with Gasteiger partial charge < -0.3 is 19.5 Å². The van der Waals surface area contributed by atoms with E-state index in [1.165, 1.54) is 0 Å². The van der Waals surface area contributed by atoms with Gasteiger partial charge in [0.15, 0.2) is 0 Å². The van der Waals surface area contributed by atoms with E-state index >= 15 is 0 Å². The Balaban J connectivity index is 1.48. The topological polar surface area (TPSA) is 56.8 Å². The third kappa shape index (κ3) is 2.66. The smallest absolute Gasteiger partial charge is 0.255 e. The van der Waals surface area contributed by atoms with Crippen LogP contribution in [0.15, 0.2) is 36.4 Å². The molecule has 0 saturated heterocycles. The maximum Gasteiger partial charge on any atom is 0.255 e. The maximum atomic E-state index is 12.6. The number of nitrogens with one attached hydrogen (secondary N) is 1. The molecule has 0 saturated carbocycles. The third-order valence-electron chi connectivity index (χ3n) is 4.47. The van der Waals surface area contributed by atoms with E-state index in [4.69, 9.17) is 14.2 Å². The van der Waals surface area contributed by atoms with Crippen LogP contribution in [0, 0.1) is 0 Å². The summed E-state index contributed by atoms with van der Waals surface area (Å²) in [5.41, 5.74) is 2.77. The lowest BCUT2D eigenvalue weighted by Gasteiger charge is -2.26. The molecule has 2 aromatic rings. The van der Waals surface area contributed by atoms with Gasteiger partial charge in [-0.15, -0.1) is 0 Å². The summed E-state index contributed by atoms with van der Waals surface area (Å²) < 4.78 is 16.6. The standard InChI is InChI=1S/C19H19NO4/c1-22-15-6-5-13-9-14(11-24-17(13)10-15)20-19(21)16-4-2-3-12-7-8-23-18(12)16/h2-6,10,14H,7-9,11H2,1H3,(H,20,21). The molecule has 0 spiro atoms. The van der Waals surface area contributed by atoms with E-state index < -0.39 is 0 Å². The summed E-state index contributed by atoms with van der Waals surface area (Å²) in [7, 11) is 1.63. The molecule has 1 N–H and O–H groups in total. The molecule has 2 aliphatic heterocycles. The molecule has 124 valence electrons. The van der Waals surface area contributed by atoms with Crippen molar-refractivity contribution in [3.8, 4) is 17.2 Å². The molecule has 0 bridgehead atoms. The van der Waals surface area contributed by atoms with Crippen molar-refractivity contribution >= 4 is 5.91 Å². The highest BCUT2D eigenvalue weighted by atomic mass is 16.5. The second-order valence-corrected chi connectivity index (χ2v) is 6.05. The van der Waals surface area contributed by atoms with Gasteiger partial charge in [0, 0.05) is 12.5 Å². The first-order chi connectivity index (χ1) is 11.7. The largest absolute Gasteiger partial charge is 0.497 e. The molecule has 1 unspecified atom stereocenters. The van der Waals surface area contributed by atoms with Crippen LogP contribution in [0.2, 0.25) is 0 Å². The summed E-state index contributed by atoms with van der Waals surface area (Å²) in [6, 6.07) is 11.4. The number of benzene rings is 2. The van der Waals surface area contributed by atoms with Crippen LogP contribution in [0.4, 0.5) is 0 Å². The number of amides is 1. The number of fused-ring (bicyclic) bond motifs is 2. The minimum absolute atomic E-state index is 0.0596. The molecule has 0 fully saturated rings. The number of carbonyl (C=O) groups is 1. The van der Waals surface area contributed by atoms with E-state index in [2.05, 4.69) is 5.32 Å². The van der Waals surface area contributed by atoms with E-state index in [1.54, 1.807) is 7.11 Å². The predicted octanol–water partition coefficient (Wildman–Crippen LogP) is 2.36. The van der Waals surface area contributed by atoms with Gasteiger partial charge in [0.25, 0.3) is 5.91 Å². The highest BCUT2D eigenvalue weighted by Gasteiger charge is 2.25. The van der Waals surface area contributed by atoms with Gasteiger partial charge in [0.1, 0.15) is 23.9 Å². The van der Waals surface area contributed by atoms with Crippen molar-refractivity contribution < 1.29 is 19.0 Å². The van der Waals surface area contributed by atoms with Crippen LogP contribution in [0.1, 0.15) is 21.5 Å². The van der Waals surface area contributed by atoms with Crippen molar-refractivity contribution in [2.75, 3.05) is 20.3 Å². The zero-order valence-electron chi connectivity index (χ0n) is 13.5. The SMILES string of the molecule is COc1ccc2c(c1)OCC(NC(=O)c1cccc3c1OCC3)C2. The van der Waals surface area contributed by atoms with Crippen LogP contribution in [0.5, 0.6) is 17.2 Å². The fraction of sp³-hybridized carbons (Fsp3) is 0.316. The van der Waals surface area contributed by atoms with Crippen molar-refractivity contribution in [2.45, 2.75) is 18.9 Å². The van der Waals surface area contributed by atoms with Crippen molar-refractivity contribution in [3.05, 3.63) is 53.1 Å². The van der Waals surface area contributed by atoms with E-state index in [0.717, 1.165) is 41.2 Å². The van der Waals surface area contributed by atoms with E-state index in [1.807, 2.05) is 36.4 Å². The van der Waals surface area contributed by atoms with Crippen molar-refractivity contribution in [1.29, 1.82) is 0 Å². The fourth-order valence-corrected chi connectivity index (χ4v) is 3.23. The van der Waals surface area contributed by atoms with Crippen molar-refractivity contribution in [1.82, 2.24) is 5.32 Å². The lowest BCUT2D eigenvalue weighted by molar-refractivity contribution is 0.0912. The molecule has 1 amide bonds. The molecule has 2 heterocycles. The summed E-state index contributed by atoms with van der Waals surface area (Å²) >= 11 is 0. The highest BCUT2D eigenvalue weighted by molar-refractivity contribution is 5.97. The van der Waals surface area contributed by atoms with Gasteiger partial charge in [0.2, 0.25) is 0 Å². The Morgan fingerprint density at radius 3 is 3.00 bits per heavy atom. The molecule has 24 heavy (non-hydrogen) atoms. The van der Waals surface area contributed by atoms with Gasteiger partial charge in [0.05, 0.1) is 25.3 Å². The summed E-state index contributed by atoms with van der Waals surface area (Å²) in [5.74, 6) is 2.20. The van der Waals surface area contributed by atoms with Crippen molar-refractivity contribution in [2.24, 2.45) is 0 Å². The third-order valence-corrected chi connectivity index (χ3v) is 4.47. The zero-order valence-corrected chi connectivity index (χ0v) is 13.5. The first-order valence-electron chi connectivity index (χ1n) is 8.10. The van der Waals surface area contributed by atoms with E-state index in [-0.39, 0.29) is 11.9 Å². The number of hydrogen-bond acceptors (Lipinski definition) is 4. The number of methoxy groups -OCH3 is 1. The van der Waals surface area contributed by atoms with Gasteiger partial charge >= 0.3 is 0 Å². The molecule has 0 radical (unpaired) electrons. The molecular formula is C19H19NO4. The Labute approximate surface area is 140 Å². The Hall–Kier alpha value is -2.69. The van der Waals surface area contributed by atoms with E-state index in [9.17, 15) is 4.79 Å². The highest BCUT2D eigenvalue weighted by Crippen LogP contribution is 2.31. The van der Waals surface area contributed by atoms with Gasteiger partial charge in [-0.1, -0.05) is 18.2 Å². The van der Waals surface area contributed by atoms with Gasteiger partial charge in [-0.3, -0.25) is 4.79 Å². The average Bonchev–Trinajstić information content (AvgIpc) is 3.09. The van der Waals surface area contributed by atoms with Crippen LogP contribution in [0.25, 0.3) is 0 Å². The first kappa shape index (κ1) is 14.9. The Bertz CT molecular complexity index is 787. The summed E-state index contributed by atoms with van der Waals surface area (Å²) in [4.78, 5) is 12.6.